The SMILES string of the molecule is CCOC(=O)N1CCN(c2c(NCCC(C)C)c(=O)c2=O)CC1. The summed E-state index contributed by atoms with van der Waals surface area (Å²) in [5.41, 5.74) is 0.0423. The Morgan fingerprint density at radius 3 is 2.39 bits per heavy atom. The van der Waals surface area contributed by atoms with Crippen LogP contribution in [-0.4, -0.2) is 50.3 Å². The molecule has 7 heteroatoms. The van der Waals surface area contributed by atoms with Crippen molar-refractivity contribution in [3.8, 4) is 0 Å². The predicted molar refractivity (Wildman–Crippen MR) is 90.1 cm³/mol. The van der Waals surface area contributed by atoms with Gasteiger partial charge >= 0.3 is 6.09 Å². The number of ether oxygens (including phenoxy) is 1. The molecule has 2 rings (SSSR count). The first-order valence-electron chi connectivity index (χ1n) is 8.19. The van der Waals surface area contributed by atoms with E-state index in [4.69, 9.17) is 4.74 Å². The van der Waals surface area contributed by atoms with Gasteiger partial charge in [-0.25, -0.2) is 4.79 Å². The molecule has 1 N–H and O–H groups in total. The van der Waals surface area contributed by atoms with E-state index in [1.807, 2.05) is 4.90 Å². The Bertz CT molecular complexity index is 611. The summed E-state index contributed by atoms with van der Waals surface area (Å²) in [7, 11) is 0. The first-order chi connectivity index (χ1) is 11.0. The molecule has 1 amide bonds. The van der Waals surface area contributed by atoms with E-state index in [9.17, 15) is 14.4 Å². The van der Waals surface area contributed by atoms with E-state index >= 15 is 0 Å². The zero-order chi connectivity index (χ0) is 17.0. The Hall–Kier alpha value is -2.05. The third-order valence-electron chi connectivity index (χ3n) is 4.03. The van der Waals surface area contributed by atoms with Crippen LogP contribution in [-0.2, 0) is 4.74 Å². The summed E-state index contributed by atoms with van der Waals surface area (Å²) in [6.07, 6.45) is 0.613. The minimum absolute atomic E-state index is 0.326. The van der Waals surface area contributed by atoms with Crippen LogP contribution in [0.15, 0.2) is 9.59 Å². The molecule has 1 saturated heterocycles. The molecule has 1 aromatic carbocycles. The minimum Gasteiger partial charge on any atom is -0.450 e. The highest BCUT2D eigenvalue weighted by Crippen LogP contribution is 2.22. The summed E-state index contributed by atoms with van der Waals surface area (Å²) in [6, 6.07) is 0. The zero-order valence-corrected chi connectivity index (χ0v) is 14.1. The molecular formula is C16H25N3O4. The number of hydrogen-bond donors (Lipinski definition) is 1. The number of nitrogens with zero attached hydrogens (tertiary/aromatic N) is 2. The lowest BCUT2D eigenvalue weighted by Crippen LogP contribution is -2.53. The summed E-state index contributed by atoms with van der Waals surface area (Å²) in [6.45, 7) is 9.06. The Morgan fingerprint density at radius 1 is 1.17 bits per heavy atom. The first kappa shape index (κ1) is 17.3. The van der Waals surface area contributed by atoms with E-state index in [2.05, 4.69) is 19.2 Å². The topological polar surface area (TPSA) is 79.0 Å². The van der Waals surface area contributed by atoms with Crippen molar-refractivity contribution in [2.24, 2.45) is 5.92 Å². The molecule has 0 aliphatic carbocycles. The van der Waals surface area contributed by atoms with Crippen LogP contribution in [0.5, 0.6) is 0 Å². The van der Waals surface area contributed by atoms with E-state index in [1.54, 1.807) is 11.8 Å². The maximum Gasteiger partial charge on any atom is 0.409 e. The van der Waals surface area contributed by atoms with E-state index in [1.165, 1.54) is 0 Å². The number of carbonyl (C=O) groups is 1. The summed E-state index contributed by atoms with van der Waals surface area (Å²) in [5, 5.41) is 3.09. The van der Waals surface area contributed by atoms with Gasteiger partial charge in [0.15, 0.2) is 0 Å². The number of anilines is 2. The Kier molecular flexibility index (Phi) is 5.63. The van der Waals surface area contributed by atoms with Crippen molar-refractivity contribution in [3.05, 3.63) is 20.4 Å². The second-order valence-corrected chi connectivity index (χ2v) is 6.16. The molecule has 0 unspecified atom stereocenters. The van der Waals surface area contributed by atoms with Crippen molar-refractivity contribution in [1.82, 2.24) is 4.90 Å². The third kappa shape index (κ3) is 3.83. The molecule has 1 aliphatic rings. The maximum absolute atomic E-state index is 11.9. The number of nitrogens with one attached hydrogen (secondary N) is 1. The van der Waals surface area contributed by atoms with Gasteiger partial charge in [-0.1, -0.05) is 13.8 Å². The van der Waals surface area contributed by atoms with Crippen molar-refractivity contribution in [2.75, 3.05) is 49.5 Å². The predicted octanol–water partition coefficient (Wildman–Crippen LogP) is 1.02. The van der Waals surface area contributed by atoms with Gasteiger partial charge in [-0.2, -0.15) is 0 Å². The lowest BCUT2D eigenvalue weighted by atomic mass is 10.1. The van der Waals surface area contributed by atoms with Gasteiger partial charge in [0.2, 0.25) is 0 Å². The Morgan fingerprint density at radius 2 is 1.83 bits per heavy atom. The van der Waals surface area contributed by atoms with Crippen LogP contribution in [0.2, 0.25) is 0 Å². The first-order valence-corrected chi connectivity index (χ1v) is 8.19. The van der Waals surface area contributed by atoms with Crippen LogP contribution in [0.4, 0.5) is 16.2 Å². The quantitative estimate of drug-likeness (QED) is 0.788. The standard InChI is InChI=1S/C16H25N3O4/c1-4-23-16(22)19-9-7-18(8-10-19)13-12(14(20)15(13)21)17-6-5-11(2)3/h11,17H,4-10H2,1-3H3. The van der Waals surface area contributed by atoms with E-state index in [-0.39, 0.29) is 6.09 Å². The van der Waals surface area contributed by atoms with Crippen molar-refractivity contribution < 1.29 is 9.53 Å². The van der Waals surface area contributed by atoms with Crippen molar-refractivity contribution in [1.29, 1.82) is 0 Å². The van der Waals surface area contributed by atoms with Gasteiger partial charge in [0, 0.05) is 32.7 Å². The van der Waals surface area contributed by atoms with Crippen molar-refractivity contribution in [3.63, 3.8) is 0 Å². The average molecular weight is 323 g/mol. The van der Waals surface area contributed by atoms with E-state index in [0.29, 0.717) is 56.6 Å². The third-order valence-corrected chi connectivity index (χ3v) is 4.03. The molecule has 1 aromatic rings. The molecule has 0 spiro atoms. The normalized spacial score (nSPS) is 15.3. The lowest BCUT2D eigenvalue weighted by Gasteiger charge is -2.36. The fourth-order valence-corrected chi connectivity index (χ4v) is 2.66. The largest absolute Gasteiger partial charge is 0.450 e. The van der Waals surface area contributed by atoms with Crippen LogP contribution in [0.25, 0.3) is 0 Å². The second kappa shape index (κ2) is 7.48. The number of hydrogen-bond acceptors (Lipinski definition) is 6. The minimum atomic E-state index is -0.434. The molecule has 0 aromatic heterocycles. The Labute approximate surface area is 135 Å². The fraction of sp³-hybridized carbons (Fsp3) is 0.688. The van der Waals surface area contributed by atoms with Gasteiger partial charge in [0.25, 0.3) is 10.9 Å². The molecule has 0 atom stereocenters. The van der Waals surface area contributed by atoms with Gasteiger partial charge < -0.3 is 19.9 Å². The Balaban J connectivity index is 1.96. The number of piperazine rings is 1. The van der Waals surface area contributed by atoms with Crippen LogP contribution in [0.3, 0.4) is 0 Å². The van der Waals surface area contributed by atoms with Gasteiger partial charge in [-0.15, -0.1) is 0 Å². The molecule has 128 valence electrons. The summed E-state index contributed by atoms with van der Waals surface area (Å²) in [5.74, 6) is 0.533. The van der Waals surface area contributed by atoms with E-state index in [0.717, 1.165) is 6.42 Å². The second-order valence-electron chi connectivity index (χ2n) is 6.16. The number of rotatable bonds is 6. The highest BCUT2D eigenvalue weighted by atomic mass is 16.6. The smallest absolute Gasteiger partial charge is 0.409 e. The summed E-state index contributed by atoms with van der Waals surface area (Å²) in [4.78, 5) is 38.9. The molecule has 1 aliphatic heterocycles. The molecule has 1 heterocycles. The zero-order valence-electron chi connectivity index (χ0n) is 14.1. The van der Waals surface area contributed by atoms with Crippen LogP contribution >= 0.6 is 0 Å². The highest BCUT2D eigenvalue weighted by molar-refractivity contribution is 5.76. The van der Waals surface area contributed by atoms with Crippen LogP contribution in [0, 0.1) is 5.92 Å². The summed E-state index contributed by atoms with van der Waals surface area (Å²) >= 11 is 0. The maximum atomic E-state index is 11.9. The molecular weight excluding hydrogens is 298 g/mol. The van der Waals surface area contributed by atoms with Gasteiger partial charge in [0.05, 0.1) is 6.61 Å². The fourth-order valence-electron chi connectivity index (χ4n) is 2.66. The average Bonchev–Trinajstić information content (AvgIpc) is 2.54. The van der Waals surface area contributed by atoms with Crippen molar-refractivity contribution >= 4 is 17.5 Å². The monoisotopic (exact) mass is 323 g/mol. The molecule has 7 nitrogen and oxygen atoms in total. The lowest BCUT2D eigenvalue weighted by molar-refractivity contribution is 0.105. The van der Waals surface area contributed by atoms with Crippen LogP contribution in [0.1, 0.15) is 27.2 Å². The molecule has 0 saturated carbocycles. The van der Waals surface area contributed by atoms with Gasteiger partial charge in [-0.05, 0) is 19.3 Å². The molecule has 23 heavy (non-hydrogen) atoms. The summed E-state index contributed by atoms with van der Waals surface area (Å²) < 4.78 is 4.98. The number of carbonyl (C=O) groups excluding carboxylic acids is 1. The van der Waals surface area contributed by atoms with Crippen LogP contribution < -0.4 is 21.1 Å². The van der Waals surface area contributed by atoms with E-state index < -0.39 is 10.9 Å². The molecule has 1 fully saturated rings. The van der Waals surface area contributed by atoms with Gasteiger partial charge in [-0.3, -0.25) is 9.59 Å². The van der Waals surface area contributed by atoms with Crippen molar-refractivity contribution in [2.45, 2.75) is 27.2 Å². The molecule has 0 radical (unpaired) electrons. The van der Waals surface area contributed by atoms with Gasteiger partial charge in [0.1, 0.15) is 11.4 Å². The highest BCUT2D eigenvalue weighted by Gasteiger charge is 2.29. The molecule has 0 bridgehead atoms. The number of amides is 1.